The largest absolute Gasteiger partial charge is 0.497 e. The molecule has 2 N–H and O–H groups in total. The Morgan fingerprint density at radius 2 is 2.00 bits per heavy atom. The molecule has 0 saturated carbocycles. The molecule has 29 heavy (non-hydrogen) atoms. The number of fused-ring (bicyclic) bond motifs is 1. The van der Waals surface area contributed by atoms with Crippen LogP contribution < -0.4 is 10.1 Å². The molecule has 1 fully saturated rings. The zero-order chi connectivity index (χ0) is 20.6. The summed E-state index contributed by atoms with van der Waals surface area (Å²) in [7, 11) is 1.66. The van der Waals surface area contributed by atoms with Crippen LogP contribution in [0.25, 0.3) is 10.8 Å². The minimum atomic E-state index is -1.19. The number of hydrogen-bond donors (Lipinski definition) is 2. The van der Waals surface area contributed by atoms with Gasteiger partial charge >= 0.3 is 12.1 Å². The maximum atomic E-state index is 11.3. The number of nitrogens with one attached hydrogen (secondary N) is 1. The van der Waals surface area contributed by atoms with Crippen LogP contribution in [0.3, 0.4) is 0 Å². The standard InChI is InChI=1S/C21H25NO7/c1-26-16-7-8-18-14(10-16)4-2-5-17(18)15-11-27-20(28-12-15)6-3-9-22-21(25)29-13-19(23)24/h2,4-5,7-8,10,15,20H,3,6,9,11-13H2,1H3,(H,22,25)(H,23,24)/t15-,20-. The van der Waals surface area contributed by atoms with Gasteiger partial charge in [0.1, 0.15) is 5.75 Å². The Hall–Kier alpha value is -2.84. The molecule has 1 saturated heterocycles. The maximum absolute atomic E-state index is 11.3. The Labute approximate surface area is 168 Å². The number of ether oxygens (including phenoxy) is 4. The molecule has 2 aromatic rings. The van der Waals surface area contributed by atoms with Crippen molar-refractivity contribution in [3.63, 3.8) is 0 Å². The van der Waals surface area contributed by atoms with Gasteiger partial charge in [-0.05, 0) is 34.9 Å². The SMILES string of the molecule is COc1ccc2c(cccc2[C@H]2CO[C@H](CCCNC(=O)OCC(=O)O)OC2)c1. The topological polar surface area (TPSA) is 103 Å². The van der Waals surface area contributed by atoms with Crippen molar-refractivity contribution >= 4 is 22.8 Å². The molecule has 2 aromatic carbocycles. The fourth-order valence-electron chi connectivity index (χ4n) is 3.30. The number of aliphatic carboxylic acids is 1. The van der Waals surface area contributed by atoms with E-state index >= 15 is 0 Å². The lowest BCUT2D eigenvalue weighted by Crippen LogP contribution is -2.32. The number of hydrogen-bond acceptors (Lipinski definition) is 6. The van der Waals surface area contributed by atoms with Gasteiger partial charge in [-0.1, -0.05) is 24.3 Å². The summed E-state index contributed by atoms with van der Waals surface area (Å²) < 4.78 is 21.5. The van der Waals surface area contributed by atoms with Crippen molar-refractivity contribution < 1.29 is 33.6 Å². The first kappa shape index (κ1) is 20.9. The Morgan fingerprint density at radius 3 is 2.72 bits per heavy atom. The van der Waals surface area contributed by atoms with Crippen molar-refractivity contribution in [2.75, 3.05) is 33.5 Å². The minimum absolute atomic E-state index is 0.146. The monoisotopic (exact) mass is 403 g/mol. The number of rotatable bonds is 8. The molecule has 8 heteroatoms. The molecule has 1 heterocycles. The van der Waals surface area contributed by atoms with Gasteiger partial charge in [-0.25, -0.2) is 9.59 Å². The highest BCUT2D eigenvalue weighted by atomic mass is 16.7. The number of carbonyl (C=O) groups is 2. The van der Waals surface area contributed by atoms with Gasteiger partial charge in [0.2, 0.25) is 0 Å². The molecule has 0 bridgehead atoms. The van der Waals surface area contributed by atoms with E-state index in [-0.39, 0.29) is 12.2 Å². The highest BCUT2D eigenvalue weighted by molar-refractivity contribution is 5.87. The molecule has 3 rings (SSSR count). The van der Waals surface area contributed by atoms with Gasteiger partial charge in [-0.2, -0.15) is 0 Å². The maximum Gasteiger partial charge on any atom is 0.407 e. The van der Waals surface area contributed by atoms with Crippen molar-refractivity contribution in [3.8, 4) is 5.75 Å². The van der Waals surface area contributed by atoms with Gasteiger partial charge < -0.3 is 29.4 Å². The molecule has 0 atom stereocenters. The summed E-state index contributed by atoms with van der Waals surface area (Å²) in [6.07, 6.45) is 0.188. The number of carboxylic acid groups (broad SMARTS) is 1. The minimum Gasteiger partial charge on any atom is -0.497 e. The first-order valence-corrected chi connectivity index (χ1v) is 9.49. The lowest BCUT2D eigenvalue weighted by atomic mass is 9.94. The number of alkyl carbamates (subject to hydrolysis) is 1. The average molecular weight is 403 g/mol. The van der Waals surface area contributed by atoms with E-state index in [2.05, 4.69) is 28.3 Å². The number of amides is 1. The van der Waals surface area contributed by atoms with Gasteiger partial charge in [-0.3, -0.25) is 0 Å². The van der Waals surface area contributed by atoms with E-state index in [1.807, 2.05) is 18.2 Å². The Balaban J connectivity index is 1.44. The van der Waals surface area contributed by atoms with Gasteiger partial charge in [-0.15, -0.1) is 0 Å². The average Bonchev–Trinajstić information content (AvgIpc) is 2.75. The number of methoxy groups -OCH3 is 1. The number of benzene rings is 2. The molecule has 1 aliphatic rings. The smallest absolute Gasteiger partial charge is 0.407 e. The fraction of sp³-hybridized carbons (Fsp3) is 0.429. The second-order valence-corrected chi connectivity index (χ2v) is 6.77. The van der Waals surface area contributed by atoms with Crippen molar-refractivity contribution in [2.45, 2.75) is 25.0 Å². The highest BCUT2D eigenvalue weighted by Gasteiger charge is 2.24. The summed E-state index contributed by atoms with van der Waals surface area (Å²) in [5.41, 5.74) is 1.19. The third-order valence-electron chi connectivity index (χ3n) is 4.74. The third kappa shape index (κ3) is 5.82. The molecule has 1 amide bonds. The van der Waals surface area contributed by atoms with Crippen LogP contribution in [0.5, 0.6) is 5.75 Å². The van der Waals surface area contributed by atoms with Crippen molar-refractivity contribution in [1.29, 1.82) is 0 Å². The fourth-order valence-corrected chi connectivity index (χ4v) is 3.30. The van der Waals surface area contributed by atoms with Crippen molar-refractivity contribution in [3.05, 3.63) is 42.0 Å². The molecule has 0 aliphatic carbocycles. The van der Waals surface area contributed by atoms with Gasteiger partial charge in [0.05, 0.1) is 20.3 Å². The quantitative estimate of drug-likeness (QED) is 0.653. The summed E-state index contributed by atoms with van der Waals surface area (Å²) in [5, 5.41) is 13.2. The molecule has 156 valence electrons. The second-order valence-electron chi connectivity index (χ2n) is 6.77. The Morgan fingerprint density at radius 1 is 1.21 bits per heavy atom. The third-order valence-corrected chi connectivity index (χ3v) is 4.74. The van der Waals surface area contributed by atoms with Crippen LogP contribution in [0.1, 0.15) is 24.3 Å². The van der Waals surface area contributed by atoms with E-state index < -0.39 is 18.7 Å². The molecule has 0 aromatic heterocycles. The molecule has 1 aliphatic heterocycles. The van der Waals surface area contributed by atoms with E-state index in [0.29, 0.717) is 32.6 Å². The zero-order valence-corrected chi connectivity index (χ0v) is 16.3. The van der Waals surface area contributed by atoms with E-state index in [9.17, 15) is 9.59 Å². The Bertz CT molecular complexity index is 846. The first-order valence-electron chi connectivity index (χ1n) is 9.49. The molecule has 0 spiro atoms. The summed E-state index contributed by atoms with van der Waals surface area (Å²) in [6, 6.07) is 12.2. The van der Waals surface area contributed by atoms with Crippen LogP contribution in [-0.2, 0) is 19.0 Å². The predicted octanol–water partition coefficient (Wildman–Crippen LogP) is 2.90. The van der Waals surface area contributed by atoms with E-state index in [1.165, 1.54) is 5.56 Å². The number of carboxylic acids is 1. The summed E-state index contributed by atoms with van der Waals surface area (Å²) >= 11 is 0. The van der Waals surface area contributed by atoms with Crippen LogP contribution in [-0.4, -0.2) is 56.9 Å². The van der Waals surface area contributed by atoms with Gasteiger partial charge in [0.25, 0.3) is 0 Å². The van der Waals surface area contributed by atoms with E-state index in [0.717, 1.165) is 16.5 Å². The van der Waals surface area contributed by atoms with Crippen LogP contribution >= 0.6 is 0 Å². The normalized spacial score (nSPS) is 18.9. The predicted molar refractivity (Wildman–Crippen MR) is 105 cm³/mol. The van der Waals surface area contributed by atoms with Crippen molar-refractivity contribution in [1.82, 2.24) is 5.32 Å². The van der Waals surface area contributed by atoms with Crippen LogP contribution in [0.15, 0.2) is 36.4 Å². The molecule has 8 nitrogen and oxygen atoms in total. The molecular formula is C21H25NO7. The van der Waals surface area contributed by atoms with E-state index in [1.54, 1.807) is 7.11 Å². The van der Waals surface area contributed by atoms with Crippen LogP contribution in [0, 0.1) is 0 Å². The summed E-state index contributed by atoms with van der Waals surface area (Å²) in [4.78, 5) is 21.6. The number of carbonyl (C=O) groups excluding carboxylic acids is 1. The second kappa shape index (κ2) is 10.1. The Kier molecular flexibility index (Phi) is 7.26. The highest BCUT2D eigenvalue weighted by Crippen LogP contribution is 2.31. The molecular weight excluding hydrogens is 378 g/mol. The van der Waals surface area contributed by atoms with Gasteiger partial charge in [0.15, 0.2) is 12.9 Å². The van der Waals surface area contributed by atoms with Gasteiger partial charge in [0, 0.05) is 18.9 Å². The molecule has 0 radical (unpaired) electrons. The van der Waals surface area contributed by atoms with Crippen LogP contribution in [0.4, 0.5) is 4.79 Å². The first-order chi connectivity index (χ1) is 14.1. The lowest BCUT2D eigenvalue weighted by molar-refractivity contribution is -0.189. The summed E-state index contributed by atoms with van der Waals surface area (Å²) in [6.45, 7) is 0.826. The van der Waals surface area contributed by atoms with Crippen LogP contribution in [0.2, 0.25) is 0 Å². The van der Waals surface area contributed by atoms with E-state index in [4.69, 9.17) is 19.3 Å². The molecule has 0 unspecified atom stereocenters. The zero-order valence-electron chi connectivity index (χ0n) is 16.3. The van der Waals surface area contributed by atoms with Crippen molar-refractivity contribution in [2.24, 2.45) is 0 Å². The lowest BCUT2D eigenvalue weighted by Gasteiger charge is -2.30. The summed E-state index contributed by atoms with van der Waals surface area (Å²) in [5.74, 6) is -0.220.